The zero-order valence-electron chi connectivity index (χ0n) is 23.1. The molecular formula is C37H25N5O. The number of fused-ring (bicyclic) bond motifs is 2. The standard InChI is InChI=1S/C37H25N5O/c43-33-25-32-34-35(30-23-13-14-24-31(30)39-36(34)41(33)28-19-9-3-10-20-28)42(29-21-11-4-12-22-29)37(38-26-15-5-1-6-16-26)40(32)27-17-7-2-8-18-27/h1-25H. The predicted octanol–water partition coefficient (Wildman–Crippen LogP) is 8.52. The molecule has 0 fully saturated rings. The number of benzene rings is 5. The minimum atomic E-state index is -0.171. The predicted molar refractivity (Wildman–Crippen MR) is 176 cm³/mol. The number of para-hydroxylation sites is 5. The van der Waals surface area contributed by atoms with Crippen LogP contribution >= 0.6 is 0 Å². The van der Waals surface area contributed by atoms with Gasteiger partial charge in [0.2, 0.25) is 5.96 Å². The maximum Gasteiger partial charge on any atom is 0.258 e. The number of nitrogens with zero attached hydrogens (tertiary/aromatic N) is 5. The van der Waals surface area contributed by atoms with E-state index in [2.05, 4.69) is 28.0 Å². The third-order valence-corrected chi connectivity index (χ3v) is 7.69. The van der Waals surface area contributed by atoms with E-state index in [0.717, 1.165) is 50.4 Å². The highest BCUT2D eigenvalue weighted by molar-refractivity contribution is 6.30. The maximum atomic E-state index is 14.1. The molecule has 0 N–H and O–H groups in total. The molecule has 0 amide bonds. The first-order valence-electron chi connectivity index (χ1n) is 14.2. The molecule has 43 heavy (non-hydrogen) atoms. The number of hydrogen-bond donors (Lipinski definition) is 0. The fraction of sp³-hybridized carbons (Fsp3) is 0. The Hall–Kier alpha value is -6.01. The average Bonchev–Trinajstić information content (AvgIpc) is 3.06. The van der Waals surface area contributed by atoms with E-state index in [0.29, 0.717) is 11.6 Å². The molecule has 0 bridgehead atoms. The van der Waals surface area contributed by atoms with Crippen molar-refractivity contribution in [3.8, 4) is 5.69 Å². The minimum Gasteiger partial charge on any atom is -0.279 e. The van der Waals surface area contributed by atoms with E-state index in [1.54, 1.807) is 10.6 Å². The Morgan fingerprint density at radius 1 is 0.558 bits per heavy atom. The fourth-order valence-electron chi connectivity index (χ4n) is 5.85. The third-order valence-electron chi connectivity index (χ3n) is 7.69. The van der Waals surface area contributed by atoms with E-state index in [4.69, 9.17) is 9.98 Å². The molecule has 3 heterocycles. The third kappa shape index (κ3) is 4.08. The van der Waals surface area contributed by atoms with Crippen molar-refractivity contribution in [3.63, 3.8) is 0 Å². The number of hydrogen-bond acceptors (Lipinski definition) is 3. The van der Waals surface area contributed by atoms with E-state index >= 15 is 0 Å². The van der Waals surface area contributed by atoms with Crippen LogP contribution in [0.1, 0.15) is 0 Å². The van der Waals surface area contributed by atoms with Crippen LogP contribution < -0.4 is 15.4 Å². The van der Waals surface area contributed by atoms with Gasteiger partial charge in [-0.15, -0.1) is 0 Å². The SMILES string of the molecule is O=c1cc2c3c(c4ccccc4nc3n1-c1ccccc1)N(c1ccccc1)C(=Nc1ccccc1)N2c1ccccc1. The Kier molecular flexibility index (Phi) is 5.83. The van der Waals surface area contributed by atoms with Gasteiger partial charge in [0.05, 0.1) is 33.7 Å². The average molecular weight is 556 g/mol. The van der Waals surface area contributed by atoms with Crippen molar-refractivity contribution in [2.24, 2.45) is 4.99 Å². The molecular weight excluding hydrogens is 530 g/mol. The second kappa shape index (κ2) is 10.1. The van der Waals surface area contributed by atoms with Gasteiger partial charge in [0.1, 0.15) is 0 Å². The summed E-state index contributed by atoms with van der Waals surface area (Å²) in [6.07, 6.45) is 0. The van der Waals surface area contributed by atoms with Crippen LogP contribution in [-0.2, 0) is 0 Å². The zero-order valence-corrected chi connectivity index (χ0v) is 23.1. The van der Waals surface area contributed by atoms with E-state index in [1.807, 2.05) is 127 Å². The summed E-state index contributed by atoms with van der Waals surface area (Å²) >= 11 is 0. The van der Waals surface area contributed by atoms with Crippen molar-refractivity contribution in [2.45, 2.75) is 0 Å². The molecule has 0 spiro atoms. The summed E-state index contributed by atoms with van der Waals surface area (Å²) < 4.78 is 1.71. The molecule has 8 rings (SSSR count). The van der Waals surface area contributed by atoms with Crippen LogP contribution in [0.25, 0.3) is 27.6 Å². The molecule has 0 radical (unpaired) electrons. The zero-order chi connectivity index (χ0) is 28.8. The van der Waals surface area contributed by atoms with Gasteiger partial charge in [0.25, 0.3) is 5.56 Å². The summed E-state index contributed by atoms with van der Waals surface area (Å²) in [6.45, 7) is 0. The lowest BCUT2D eigenvalue weighted by atomic mass is 10.0. The second-order valence-electron chi connectivity index (χ2n) is 10.3. The van der Waals surface area contributed by atoms with E-state index < -0.39 is 0 Å². The van der Waals surface area contributed by atoms with Gasteiger partial charge < -0.3 is 0 Å². The Morgan fingerprint density at radius 2 is 1.09 bits per heavy atom. The lowest BCUT2D eigenvalue weighted by Gasteiger charge is -2.40. The summed E-state index contributed by atoms with van der Waals surface area (Å²) in [7, 11) is 0. The van der Waals surface area contributed by atoms with Gasteiger partial charge in [-0.3, -0.25) is 19.2 Å². The van der Waals surface area contributed by atoms with Crippen LogP contribution in [-0.4, -0.2) is 15.5 Å². The summed E-state index contributed by atoms with van der Waals surface area (Å²) in [5.41, 5.74) is 6.25. The van der Waals surface area contributed by atoms with Gasteiger partial charge in [-0.05, 0) is 54.6 Å². The van der Waals surface area contributed by atoms with Gasteiger partial charge in [0.15, 0.2) is 5.65 Å². The number of guanidine groups is 1. The fourth-order valence-corrected chi connectivity index (χ4v) is 5.85. The molecule has 7 aromatic rings. The Labute approximate surface area is 248 Å². The van der Waals surface area contributed by atoms with Gasteiger partial charge in [-0.1, -0.05) is 91.0 Å². The topological polar surface area (TPSA) is 53.7 Å². The molecule has 0 saturated heterocycles. The Morgan fingerprint density at radius 3 is 1.74 bits per heavy atom. The molecule has 0 unspecified atom stereocenters. The normalized spacial score (nSPS) is 13.6. The van der Waals surface area contributed by atoms with Crippen molar-refractivity contribution < 1.29 is 0 Å². The van der Waals surface area contributed by atoms with Crippen molar-refractivity contribution in [3.05, 3.63) is 162 Å². The minimum absolute atomic E-state index is 0.171. The molecule has 6 nitrogen and oxygen atoms in total. The van der Waals surface area contributed by atoms with Gasteiger partial charge >= 0.3 is 0 Å². The monoisotopic (exact) mass is 555 g/mol. The smallest absolute Gasteiger partial charge is 0.258 e. The summed E-state index contributed by atoms with van der Waals surface area (Å²) in [5, 5.41) is 1.83. The lowest BCUT2D eigenvalue weighted by molar-refractivity contribution is 1.01. The number of aliphatic imine (C=N–C) groups is 1. The van der Waals surface area contributed by atoms with Crippen LogP contribution in [0.4, 0.5) is 28.4 Å². The maximum absolute atomic E-state index is 14.1. The number of aromatic nitrogens is 2. The van der Waals surface area contributed by atoms with E-state index in [1.165, 1.54) is 0 Å². The number of rotatable bonds is 4. The Balaban J connectivity index is 1.60. The quantitative estimate of drug-likeness (QED) is 0.204. The van der Waals surface area contributed by atoms with E-state index in [-0.39, 0.29) is 5.56 Å². The molecule has 0 atom stereocenters. The Bertz CT molecular complexity index is 2200. The first-order valence-corrected chi connectivity index (χ1v) is 14.2. The molecule has 1 aliphatic rings. The van der Waals surface area contributed by atoms with Gasteiger partial charge in [-0.2, -0.15) is 0 Å². The highest BCUT2D eigenvalue weighted by Crippen LogP contribution is 2.48. The first kappa shape index (κ1) is 24.8. The molecule has 6 heteroatoms. The van der Waals surface area contributed by atoms with Crippen LogP contribution in [0, 0.1) is 0 Å². The van der Waals surface area contributed by atoms with Crippen molar-refractivity contribution in [1.29, 1.82) is 0 Å². The van der Waals surface area contributed by atoms with Gasteiger partial charge in [0, 0.05) is 22.8 Å². The van der Waals surface area contributed by atoms with Crippen molar-refractivity contribution >= 4 is 56.3 Å². The largest absolute Gasteiger partial charge is 0.279 e. The van der Waals surface area contributed by atoms with Crippen LogP contribution in [0.5, 0.6) is 0 Å². The molecule has 5 aromatic carbocycles. The molecule has 2 aromatic heterocycles. The van der Waals surface area contributed by atoms with Crippen LogP contribution in [0.15, 0.2) is 161 Å². The summed E-state index contributed by atoms with van der Waals surface area (Å²) in [5.74, 6) is 0.658. The van der Waals surface area contributed by atoms with Crippen molar-refractivity contribution in [1.82, 2.24) is 9.55 Å². The van der Waals surface area contributed by atoms with Gasteiger partial charge in [-0.25, -0.2) is 9.98 Å². The van der Waals surface area contributed by atoms with Crippen LogP contribution in [0.2, 0.25) is 0 Å². The lowest BCUT2D eigenvalue weighted by Crippen LogP contribution is -2.43. The van der Waals surface area contributed by atoms with Crippen molar-refractivity contribution in [2.75, 3.05) is 9.80 Å². The summed E-state index contributed by atoms with van der Waals surface area (Å²) in [6, 6.07) is 49.7. The second-order valence-corrected chi connectivity index (χ2v) is 10.3. The molecule has 0 aliphatic carbocycles. The number of pyridine rings is 2. The summed E-state index contributed by atoms with van der Waals surface area (Å²) in [4.78, 5) is 28.8. The molecule has 204 valence electrons. The van der Waals surface area contributed by atoms with Crippen LogP contribution in [0.3, 0.4) is 0 Å². The highest BCUT2D eigenvalue weighted by atomic mass is 16.1. The van der Waals surface area contributed by atoms with E-state index in [9.17, 15) is 4.79 Å². The highest BCUT2D eigenvalue weighted by Gasteiger charge is 2.36. The molecule has 0 saturated carbocycles. The number of anilines is 4. The first-order chi connectivity index (χ1) is 21.3. The molecule has 1 aliphatic heterocycles.